The van der Waals surface area contributed by atoms with Crippen molar-refractivity contribution in [3.8, 4) is 6.07 Å². The molecule has 1 aromatic carbocycles. The average Bonchev–Trinajstić information content (AvgIpc) is 3.17. The minimum atomic E-state index is -0.781. The van der Waals surface area contributed by atoms with E-state index in [-0.39, 0.29) is 31.1 Å². The van der Waals surface area contributed by atoms with Crippen molar-refractivity contribution in [2.75, 3.05) is 31.7 Å². The number of rotatable bonds is 6. The lowest BCUT2D eigenvalue weighted by Crippen LogP contribution is -2.44. The standard InChI is InChI=1S/C19H20F2N6O3/c20-6-8-30-19(29)26-7-5-16(12(9-22)10-26)27-11-15(17(23)28)18(25-27)24-14-3-1-13(21)2-4-14/h1-4,11-12,16H,5-8,10H2,(H2,23,28)(H,24,25). The third-order valence-electron chi connectivity index (χ3n) is 4.75. The zero-order valence-corrected chi connectivity index (χ0v) is 15.9. The van der Waals surface area contributed by atoms with Gasteiger partial charge in [0.1, 0.15) is 24.7 Å². The first-order chi connectivity index (χ1) is 14.4. The lowest BCUT2D eigenvalue weighted by Gasteiger charge is -2.34. The molecule has 0 radical (unpaired) electrons. The number of likely N-dealkylation sites (tertiary alicyclic amines) is 1. The first-order valence-electron chi connectivity index (χ1n) is 9.21. The summed E-state index contributed by atoms with van der Waals surface area (Å²) in [5, 5.41) is 16.9. The molecule has 3 rings (SSSR count). The van der Waals surface area contributed by atoms with Gasteiger partial charge < -0.3 is 20.7 Å². The van der Waals surface area contributed by atoms with Crippen molar-refractivity contribution in [1.29, 1.82) is 5.26 Å². The van der Waals surface area contributed by atoms with E-state index in [0.29, 0.717) is 12.1 Å². The number of piperidine rings is 1. The zero-order chi connectivity index (χ0) is 21.7. The van der Waals surface area contributed by atoms with E-state index in [1.54, 1.807) is 0 Å². The molecular formula is C19H20F2N6O3. The number of anilines is 2. The Kier molecular flexibility index (Phi) is 6.46. The molecule has 2 atom stereocenters. The Morgan fingerprint density at radius 3 is 2.73 bits per heavy atom. The van der Waals surface area contributed by atoms with E-state index in [9.17, 15) is 23.6 Å². The molecule has 2 unspecified atom stereocenters. The molecule has 2 amide bonds. The van der Waals surface area contributed by atoms with E-state index in [1.165, 1.54) is 40.0 Å². The van der Waals surface area contributed by atoms with Crippen molar-refractivity contribution in [3.05, 3.63) is 41.8 Å². The number of alkyl halides is 1. The highest BCUT2D eigenvalue weighted by atomic mass is 19.1. The van der Waals surface area contributed by atoms with Gasteiger partial charge in [0.2, 0.25) is 0 Å². The Balaban J connectivity index is 1.79. The molecule has 2 heterocycles. The number of benzene rings is 1. The summed E-state index contributed by atoms with van der Waals surface area (Å²) in [6.45, 7) is -0.758. The smallest absolute Gasteiger partial charge is 0.409 e. The number of hydrogen-bond acceptors (Lipinski definition) is 6. The van der Waals surface area contributed by atoms with Gasteiger partial charge in [-0.1, -0.05) is 0 Å². The van der Waals surface area contributed by atoms with Crippen LogP contribution in [0, 0.1) is 23.1 Å². The van der Waals surface area contributed by atoms with E-state index in [1.807, 2.05) is 0 Å². The molecule has 3 N–H and O–H groups in total. The summed E-state index contributed by atoms with van der Waals surface area (Å²) in [6.07, 6.45) is 1.14. The number of amides is 2. The number of halogens is 2. The molecule has 1 aliphatic heterocycles. The fraction of sp³-hybridized carbons (Fsp3) is 0.368. The Morgan fingerprint density at radius 1 is 1.37 bits per heavy atom. The summed E-state index contributed by atoms with van der Waals surface area (Å²) in [4.78, 5) is 25.1. The van der Waals surface area contributed by atoms with Gasteiger partial charge in [0.25, 0.3) is 5.91 Å². The lowest BCUT2D eigenvalue weighted by molar-refractivity contribution is 0.0738. The van der Waals surface area contributed by atoms with Crippen LogP contribution in [-0.4, -0.2) is 53.1 Å². The molecule has 11 heteroatoms. The molecule has 0 spiro atoms. The zero-order valence-electron chi connectivity index (χ0n) is 15.9. The fourth-order valence-electron chi connectivity index (χ4n) is 3.27. The Labute approximate surface area is 171 Å². The molecule has 0 aliphatic carbocycles. The number of aromatic nitrogens is 2. The van der Waals surface area contributed by atoms with Gasteiger partial charge in [-0.05, 0) is 30.7 Å². The van der Waals surface area contributed by atoms with E-state index < -0.39 is 36.5 Å². The molecule has 1 aliphatic rings. The quantitative estimate of drug-likeness (QED) is 0.742. The van der Waals surface area contributed by atoms with Gasteiger partial charge in [-0.2, -0.15) is 10.4 Å². The Morgan fingerprint density at radius 2 is 2.10 bits per heavy atom. The summed E-state index contributed by atoms with van der Waals surface area (Å²) in [6, 6.07) is 7.21. The number of nitrogens with zero attached hydrogens (tertiary/aromatic N) is 4. The Bertz CT molecular complexity index is 956. The first-order valence-corrected chi connectivity index (χ1v) is 9.21. The minimum Gasteiger partial charge on any atom is -0.447 e. The number of ether oxygens (including phenoxy) is 1. The second-order valence-corrected chi connectivity index (χ2v) is 6.71. The van der Waals surface area contributed by atoms with Gasteiger partial charge in [0.15, 0.2) is 5.82 Å². The van der Waals surface area contributed by atoms with Crippen molar-refractivity contribution < 1.29 is 23.1 Å². The van der Waals surface area contributed by atoms with Crippen molar-refractivity contribution in [2.24, 2.45) is 11.7 Å². The van der Waals surface area contributed by atoms with Gasteiger partial charge in [-0.25, -0.2) is 13.6 Å². The fourth-order valence-corrected chi connectivity index (χ4v) is 3.27. The minimum absolute atomic E-state index is 0.0821. The average molecular weight is 418 g/mol. The van der Waals surface area contributed by atoms with Crippen LogP contribution in [0.15, 0.2) is 30.5 Å². The largest absolute Gasteiger partial charge is 0.447 e. The summed E-state index contributed by atoms with van der Waals surface area (Å²) in [5.41, 5.74) is 6.07. The molecule has 0 saturated carbocycles. The van der Waals surface area contributed by atoms with E-state index >= 15 is 0 Å². The second kappa shape index (κ2) is 9.21. The number of nitrogens with one attached hydrogen (secondary N) is 1. The van der Waals surface area contributed by atoms with Crippen LogP contribution in [0.1, 0.15) is 22.8 Å². The number of carbonyl (C=O) groups excluding carboxylic acids is 2. The molecule has 158 valence electrons. The van der Waals surface area contributed by atoms with E-state index in [4.69, 9.17) is 10.5 Å². The molecule has 30 heavy (non-hydrogen) atoms. The van der Waals surface area contributed by atoms with Crippen LogP contribution >= 0.6 is 0 Å². The van der Waals surface area contributed by atoms with Crippen LogP contribution in [-0.2, 0) is 4.74 Å². The third kappa shape index (κ3) is 4.65. The van der Waals surface area contributed by atoms with Crippen molar-refractivity contribution in [3.63, 3.8) is 0 Å². The molecule has 0 bridgehead atoms. The van der Waals surface area contributed by atoms with Crippen LogP contribution in [0.4, 0.5) is 25.1 Å². The molecule has 1 saturated heterocycles. The van der Waals surface area contributed by atoms with Crippen molar-refractivity contribution in [2.45, 2.75) is 12.5 Å². The molecule has 1 aromatic heterocycles. The van der Waals surface area contributed by atoms with Gasteiger partial charge in [-0.3, -0.25) is 9.48 Å². The van der Waals surface area contributed by atoms with Crippen LogP contribution in [0.25, 0.3) is 0 Å². The number of carbonyl (C=O) groups is 2. The maximum Gasteiger partial charge on any atom is 0.409 e. The first kappa shape index (κ1) is 21.0. The monoisotopic (exact) mass is 418 g/mol. The summed E-state index contributed by atoms with van der Waals surface area (Å²) in [5.74, 6) is -1.58. The number of nitriles is 1. The SMILES string of the molecule is N#CC1CN(C(=O)OCCF)CCC1n1cc(C(N)=O)c(Nc2ccc(F)cc2)n1. The van der Waals surface area contributed by atoms with Gasteiger partial charge in [0.05, 0.1) is 18.0 Å². The van der Waals surface area contributed by atoms with Crippen LogP contribution < -0.4 is 11.1 Å². The maximum absolute atomic E-state index is 13.1. The number of primary amides is 1. The highest BCUT2D eigenvalue weighted by Gasteiger charge is 2.34. The van der Waals surface area contributed by atoms with Crippen molar-refractivity contribution in [1.82, 2.24) is 14.7 Å². The molecule has 9 nitrogen and oxygen atoms in total. The molecular weight excluding hydrogens is 398 g/mol. The summed E-state index contributed by atoms with van der Waals surface area (Å²) in [7, 11) is 0. The van der Waals surface area contributed by atoms with Crippen molar-refractivity contribution >= 4 is 23.5 Å². The van der Waals surface area contributed by atoms with Crippen LogP contribution in [0.5, 0.6) is 0 Å². The lowest BCUT2D eigenvalue weighted by atomic mass is 9.94. The number of hydrogen-bond donors (Lipinski definition) is 2. The third-order valence-corrected chi connectivity index (χ3v) is 4.75. The van der Waals surface area contributed by atoms with Crippen LogP contribution in [0.2, 0.25) is 0 Å². The van der Waals surface area contributed by atoms with E-state index in [0.717, 1.165) is 0 Å². The van der Waals surface area contributed by atoms with Crippen LogP contribution in [0.3, 0.4) is 0 Å². The highest BCUT2D eigenvalue weighted by molar-refractivity contribution is 5.98. The highest BCUT2D eigenvalue weighted by Crippen LogP contribution is 2.30. The topological polar surface area (TPSA) is 126 Å². The summed E-state index contributed by atoms with van der Waals surface area (Å²) < 4.78 is 31.6. The van der Waals surface area contributed by atoms with Gasteiger partial charge in [-0.15, -0.1) is 0 Å². The van der Waals surface area contributed by atoms with Gasteiger partial charge >= 0.3 is 6.09 Å². The Hall–Kier alpha value is -3.68. The summed E-state index contributed by atoms with van der Waals surface area (Å²) >= 11 is 0. The van der Waals surface area contributed by atoms with E-state index in [2.05, 4.69) is 16.5 Å². The predicted octanol–water partition coefficient (Wildman–Crippen LogP) is 2.36. The molecule has 1 fully saturated rings. The number of nitrogens with two attached hydrogens (primary N) is 1. The second-order valence-electron chi connectivity index (χ2n) is 6.71. The normalized spacial score (nSPS) is 18.5. The van der Waals surface area contributed by atoms with Gasteiger partial charge in [0, 0.05) is 25.0 Å². The predicted molar refractivity (Wildman–Crippen MR) is 102 cm³/mol. The molecule has 2 aromatic rings. The maximum atomic E-state index is 13.1.